The van der Waals surface area contributed by atoms with Gasteiger partial charge in [-0.3, -0.25) is 4.79 Å². The van der Waals surface area contributed by atoms with Crippen LogP contribution >= 0.6 is 0 Å². The molecule has 1 atom stereocenters. The summed E-state index contributed by atoms with van der Waals surface area (Å²) in [6, 6.07) is 7.76. The van der Waals surface area contributed by atoms with E-state index in [2.05, 4.69) is 5.32 Å². The molecule has 0 aliphatic heterocycles. The van der Waals surface area contributed by atoms with E-state index in [-0.39, 0.29) is 18.6 Å². The molecule has 0 aliphatic carbocycles. The van der Waals surface area contributed by atoms with Gasteiger partial charge in [-0.1, -0.05) is 36.8 Å². The van der Waals surface area contributed by atoms with Crippen LogP contribution in [-0.2, 0) is 11.2 Å². The molecule has 0 saturated heterocycles. The molecule has 0 fully saturated rings. The summed E-state index contributed by atoms with van der Waals surface area (Å²) in [5.74, 6) is -0.0373. The summed E-state index contributed by atoms with van der Waals surface area (Å²) >= 11 is 0. The lowest BCUT2D eigenvalue weighted by molar-refractivity contribution is -0.121. The Morgan fingerprint density at radius 3 is 2.50 bits per heavy atom. The molecule has 1 rings (SSSR count). The molecule has 1 aromatic carbocycles. The number of amides is 1. The van der Waals surface area contributed by atoms with E-state index in [1.54, 1.807) is 0 Å². The Morgan fingerprint density at radius 1 is 1.38 bits per heavy atom. The fourth-order valence-corrected chi connectivity index (χ4v) is 1.45. The first-order chi connectivity index (χ1) is 7.65. The van der Waals surface area contributed by atoms with Crippen LogP contribution in [0.1, 0.15) is 24.5 Å². The first kappa shape index (κ1) is 12.7. The Labute approximate surface area is 96.5 Å². The zero-order valence-electron chi connectivity index (χ0n) is 9.86. The minimum absolute atomic E-state index is 0.00383. The number of benzene rings is 1. The number of aryl methyl sites for hydroxylation is 1. The molecular weight excluding hydrogens is 202 g/mol. The van der Waals surface area contributed by atoms with Gasteiger partial charge in [0.1, 0.15) is 0 Å². The summed E-state index contributed by atoms with van der Waals surface area (Å²) in [5.41, 5.74) is 2.18. The van der Waals surface area contributed by atoms with Gasteiger partial charge in [0.2, 0.25) is 5.91 Å². The van der Waals surface area contributed by atoms with Crippen molar-refractivity contribution in [2.24, 2.45) is 0 Å². The molecule has 0 saturated carbocycles. The lowest BCUT2D eigenvalue weighted by Crippen LogP contribution is -2.37. The fraction of sp³-hybridized carbons (Fsp3) is 0.462. The Morgan fingerprint density at radius 2 is 2.00 bits per heavy atom. The van der Waals surface area contributed by atoms with Crippen LogP contribution in [0.2, 0.25) is 0 Å². The third-order valence-corrected chi connectivity index (χ3v) is 2.56. The van der Waals surface area contributed by atoms with Gasteiger partial charge >= 0.3 is 0 Å². The summed E-state index contributed by atoms with van der Waals surface area (Å²) in [6.07, 6.45) is 1.12. The van der Waals surface area contributed by atoms with Gasteiger partial charge in [0.15, 0.2) is 0 Å². The molecule has 0 aliphatic rings. The topological polar surface area (TPSA) is 49.3 Å². The molecule has 1 amide bonds. The highest BCUT2D eigenvalue weighted by Gasteiger charge is 2.09. The van der Waals surface area contributed by atoms with E-state index in [0.29, 0.717) is 6.42 Å². The maximum Gasteiger partial charge on any atom is 0.224 e. The number of hydrogen-bond acceptors (Lipinski definition) is 2. The summed E-state index contributed by atoms with van der Waals surface area (Å²) in [7, 11) is 0. The molecule has 0 bridgehead atoms. The second-order valence-corrected chi connectivity index (χ2v) is 4.02. The van der Waals surface area contributed by atoms with Crippen LogP contribution in [0.25, 0.3) is 0 Å². The molecular formula is C13H19NO2. The number of hydrogen-bond donors (Lipinski definition) is 2. The van der Waals surface area contributed by atoms with Crippen molar-refractivity contribution >= 4 is 5.91 Å². The van der Waals surface area contributed by atoms with Crippen LogP contribution < -0.4 is 5.32 Å². The number of aliphatic hydroxyl groups is 1. The lowest BCUT2D eigenvalue weighted by Gasteiger charge is -2.13. The smallest absolute Gasteiger partial charge is 0.224 e. The molecule has 0 radical (unpaired) electrons. The third kappa shape index (κ3) is 4.03. The van der Waals surface area contributed by atoms with Crippen LogP contribution in [-0.4, -0.2) is 23.7 Å². The fourth-order valence-electron chi connectivity index (χ4n) is 1.45. The zero-order chi connectivity index (χ0) is 12.0. The molecule has 0 heterocycles. The Kier molecular flexibility index (Phi) is 4.99. The molecule has 0 aromatic heterocycles. The highest BCUT2D eigenvalue weighted by molar-refractivity contribution is 5.78. The van der Waals surface area contributed by atoms with E-state index < -0.39 is 0 Å². The van der Waals surface area contributed by atoms with E-state index in [9.17, 15) is 4.79 Å². The normalized spacial score (nSPS) is 12.2. The Bertz CT molecular complexity index is 328. The number of rotatable bonds is 5. The van der Waals surface area contributed by atoms with Gasteiger partial charge in [0, 0.05) is 0 Å². The molecule has 0 spiro atoms. The Balaban J connectivity index is 2.48. The summed E-state index contributed by atoms with van der Waals surface area (Å²) < 4.78 is 0. The summed E-state index contributed by atoms with van der Waals surface area (Å²) in [4.78, 5) is 11.6. The quantitative estimate of drug-likeness (QED) is 0.790. The largest absolute Gasteiger partial charge is 0.394 e. The van der Waals surface area contributed by atoms with Crippen molar-refractivity contribution in [1.29, 1.82) is 0 Å². The predicted octanol–water partition coefficient (Wildman–Crippen LogP) is 1.42. The van der Waals surface area contributed by atoms with Crippen LogP contribution in [0.3, 0.4) is 0 Å². The van der Waals surface area contributed by atoms with Crippen LogP contribution in [0.4, 0.5) is 0 Å². The van der Waals surface area contributed by atoms with Gasteiger partial charge in [0.05, 0.1) is 19.1 Å². The first-order valence-electron chi connectivity index (χ1n) is 5.61. The van der Waals surface area contributed by atoms with Crippen LogP contribution in [0.5, 0.6) is 0 Å². The van der Waals surface area contributed by atoms with E-state index in [1.807, 2.05) is 38.1 Å². The SMILES string of the molecule is CC[C@@H](CO)NC(=O)Cc1ccc(C)cc1. The monoisotopic (exact) mass is 221 g/mol. The third-order valence-electron chi connectivity index (χ3n) is 2.56. The van der Waals surface area contributed by atoms with E-state index >= 15 is 0 Å². The second-order valence-electron chi connectivity index (χ2n) is 4.02. The number of carbonyl (C=O) groups is 1. The van der Waals surface area contributed by atoms with Crippen molar-refractivity contribution in [1.82, 2.24) is 5.32 Å². The van der Waals surface area contributed by atoms with Crippen molar-refractivity contribution in [3.8, 4) is 0 Å². The average molecular weight is 221 g/mol. The van der Waals surface area contributed by atoms with Crippen molar-refractivity contribution in [2.75, 3.05) is 6.61 Å². The molecule has 0 unspecified atom stereocenters. The van der Waals surface area contributed by atoms with Crippen molar-refractivity contribution in [2.45, 2.75) is 32.7 Å². The van der Waals surface area contributed by atoms with Gasteiger partial charge in [-0.15, -0.1) is 0 Å². The first-order valence-corrected chi connectivity index (χ1v) is 5.61. The van der Waals surface area contributed by atoms with E-state index in [0.717, 1.165) is 12.0 Å². The number of aliphatic hydroxyl groups excluding tert-OH is 1. The van der Waals surface area contributed by atoms with Crippen molar-refractivity contribution < 1.29 is 9.90 Å². The zero-order valence-corrected chi connectivity index (χ0v) is 9.86. The van der Waals surface area contributed by atoms with Crippen LogP contribution in [0.15, 0.2) is 24.3 Å². The molecule has 3 nitrogen and oxygen atoms in total. The molecule has 1 aromatic rings. The predicted molar refractivity (Wildman–Crippen MR) is 64.2 cm³/mol. The minimum Gasteiger partial charge on any atom is -0.394 e. The minimum atomic E-state index is -0.127. The Hall–Kier alpha value is -1.35. The van der Waals surface area contributed by atoms with Crippen LogP contribution in [0, 0.1) is 6.92 Å². The van der Waals surface area contributed by atoms with Gasteiger partial charge < -0.3 is 10.4 Å². The molecule has 3 heteroatoms. The van der Waals surface area contributed by atoms with Crippen molar-refractivity contribution in [3.63, 3.8) is 0 Å². The summed E-state index contributed by atoms with van der Waals surface area (Å²) in [5, 5.41) is 11.8. The van der Waals surface area contributed by atoms with E-state index in [4.69, 9.17) is 5.11 Å². The van der Waals surface area contributed by atoms with Gasteiger partial charge in [-0.2, -0.15) is 0 Å². The highest BCUT2D eigenvalue weighted by Crippen LogP contribution is 2.04. The number of nitrogens with one attached hydrogen (secondary N) is 1. The van der Waals surface area contributed by atoms with Gasteiger partial charge in [-0.25, -0.2) is 0 Å². The van der Waals surface area contributed by atoms with Gasteiger partial charge in [0.25, 0.3) is 0 Å². The second kappa shape index (κ2) is 6.28. The maximum absolute atomic E-state index is 11.6. The standard InChI is InChI=1S/C13H19NO2/c1-3-12(9-15)14-13(16)8-11-6-4-10(2)5-7-11/h4-7,12,15H,3,8-9H2,1-2H3,(H,14,16)/t12-/m0/s1. The number of carbonyl (C=O) groups excluding carboxylic acids is 1. The van der Waals surface area contributed by atoms with Gasteiger partial charge in [-0.05, 0) is 18.9 Å². The van der Waals surface area contributed by atoms with E-state index in [1.165, 1.54) is 5.56 Å². The molecule has 16 heavy (non-hydrogen) atoms. The maximum atomic E-state index is 11.6. The summed E-state index contributed by atoms with van der Waals surface area (Å²) in [6.45, 7) is 3.95. The highest BCUT2D eigenvalue weighted by atomic mass is 16.3. The molecule has 2 N–H and O–H groups in total. The average Bonchev–Trinajstić information content (AvgIpc) is 2.29. The molecule has 88 valence electrons. The van der Waals surface area contributed by atoms with Crippen molar-refractivity contribution in [3.05, 3.63) is 35.4 Å². The lowest BCUT2D eigenvalue weighted by atomic mass is 10.1.